The highest BCUT2D eigenvalue weighted by Gasteiger charge is 2.25. The largest absolute Gasteiger partial charge is 0.411 e. The Morgan fingerprint density at radius 3 is 2.42 bits per heavy atom. The number of carbonyl (C=O) groups is 1. The van der Waals surface area contributed by atoms with Gasteiger partial charge in [0.05, 0.1) is 18.5 Å². The second-order valence-corrected chi connectivity index (χ2v) is 8.69. The summed E-state index contributed by atoms with van der Waals surface area (Å²) in [5.41, 5.74) is 2.23. The van der Waals surface area contributed by atoms with Crippen LogP contribution in [0, 0.1) is 0 Å². The van der Waals surface area contributed by atoms with E-state index in [1.165, 1.54) is 17.3 Å². The number of amides is 1. The van der Waals surface area contributed by atoms with E-state index in [0.717, 1.165) is 5.56 Å². The van der Waals surface area contributed by atoms with Crippen LogP contribution in [0.25, 0.3) is 11.5 Å². The Hall–Kier alpha value is -1.86. The van der Waals surface area contributed by atoms with Gasteiger partial charge in [-0.05, 0) is 30.0 Å². The molecule has 0 spiro atoms. The Balaban J connectivity index is 1.65. The van der Waals surface area contributed by atoms with Gasteiger partial charge in [0.15, 0.2) is 0 Å². The lowest BCUT2D eigenvalue weighted by molar-refractivity contribution is -0.134. The zero-order chi connectivity index (χ0) is 18.7. The van der Waals surface area contributed by atoms with Crippen molar-refractivity contribution in [2.24, 2.45) is 0 Å². The Bertz CT molecular complexity index is 746. The molecule has 0 N–H and O–H groups in total. The van der Waals surface area contributed by atoms with E-state index in [1.54, 1.807) is 0 Å². The minimum atomic E-state index is -0.273. The molecule has 2 heterocycles. The molecular formula is C19H25N3O3S. The monoisotopic (exact) mass is 375 g/mol. The number of morpholine rings is 1. The minimum absolute atomic E-state index is 0.0765. The van der Waals surface area contributed by atoms with Crippen LogP contribution in [-0.4, -0.2) is 52.6 Å². The summed E-state index contributed by atoms with van der Waals surface area (Å²) in [4.78, 5) is 14.3. The molecule has 1 atom stereocenters. The van der Waals surface area contributed by atoms with Gasteiger partial charge in [-0.2, -0.15) is 0 Å². The Morgan fingerprint density at radius 1 is 1.15 bits per heavy atom. The van der Waals surface area contributed by atoms with Crippen molar-refractivity contribution in [1.82, 2.24) is 15.1 Å². The van der Waals surface area contributed by atoms with Gasteiger partial charge in [-0.25, -0.2) is 0 Å². The third-order valence-corrected chi connectivity index (χ3v) is 5.27. The standard InChI is InChI=1S/C19H25N3O3S/c1-13(17(23)22-9-11-24-12-10-22)26-18-21-20-16(25-18)14-5-7-15(8-6-14)19(2,3)4/h5-8,13H,9-12H2,1-4H3. The summed E-state index contributed by atoms with van der Waals surface area (Å²) < 4.78 is 11.0. The van der Waals surface area contributed by atoms with E-state index >= 15 is 0 Å². The lowest BCUT2D eigenvalue weighted by Crippen LogP contribution is -2.44. The highest BCUT2D eigenvalue weighted by molar-refractivity contribution is 8.00. The molecule has 1 aliphatic rings. The van der Waals surface area contributed by atoms with Gasteiger partial charge in [0.25, 0.3) is 5.22 Å². The molecule has 140 valence electrons. The number of carbonyl (C=O) groups excluding carboxylic acids is 1. The molecule has 0 saturated carbocycles. The average Bonchev–Trinajstić information content (AvgIpc) is 3.09. The summed E-state index contributed by atoms with van der Waals surface area (Å²) >= 11 is 1.30. The normalized spacial score (nSPS) is 16.5. The number of hydrogen-bond acceptors (Lipinski definition) is 6. The van der Waals surface area contributed by atoms with Gasteiger partial charge in [0.1, 0.15) is 0 Å². The third-order valence-electron chi connectivity index (χ3n) is 4.35. The summed E-state index contributed by atoms with van der Waals surface area (Å²) in [7, 11) is 0. The summed E-state index contributed by atoms with van der Waals surface area (Å²) in [6, 6.07) is 8.14. The number of rotatable bonds is 4. The minimum Gasteiger partial charge on any atom is -0.411 e. The maximum atomic E-state index is 12.5. The molecule has 2 aromatic rings. The number of hydrogen-bond donors (Lipinski definition) is 0. The Kier molecular flexibility index (Phi) is 5.67. The molecule has 26 heavy (non-hydrogen) atoms. The number of nitrogens with zero attached hydrogens (tertiary/aromatic N) is 3. The number of thioether (sulfide) groups is 1. The van der Waals surface area contributed by atoms with Crippen LogP contribution in [0.5, 0.6) is 0 Å². The van der Waals surface area contributed by atoms with Crippen molar-refractivity contribution >= 4 is 17.7 Å². The number of benzene rings is 1. The molecule has 0 bridgehead atoms. The first-order valence-electron chi connectivity index (χ1n) is 8.82. The van der Waals surface area contributed by atoms with Crippen LogP contribution in [0.3, 0.4) is 0 Å². The van der Waals surface area contributed by atoms with Crippen LogP contribution in [0.15, 0.2) is 33.9 Å². The zero-order valence-electron chi connectivity index (χ0n) is 15.7. The van der Waals surface area contributed by atoms with Gasteiger partial charge in [-0.1, -0.05) is 44.7 Å². The maximum absolute atomic E-state index is 12.5. The van der Waals surface area contributed by atoms with Crippen molar-refractivity contribution in [3.05, 3.63) is 29.8 Å². The van der Waals surface area contributed by atoms with Crippen LogP contribution in [0.1, 0.15) is 33.3 Å². The SMILES string of the molecule is CC(Sc1nnc(-c2ccc(C(C)(C)C)cc2)o1)C(=O)N1CCOCC1. The van der Waals surface area contributed by atoms with Crippen LogP contribution in [0.2, 0.25) is 0 Å². The summed E-state index contributed by atoms with van der Waals surface area (Å²) in [6.45, 7) is 10.9. The van der Waals surface area contributed by atoms with E-state index in [9.17, 15) is 4.79 Å². The summed E-state index contributed by atoms with van der Waals surface area (Å²) in [5.74, 6) is 0.548. The topological polar surface area (TPSA) is 68.5 Å². The molecule has 7 heteroatoms. The fraction of sp³-hybridized carbons (Fsp3) is 0.526. The predicted molar refractivity (Wildman–Crippen MR) is 101 cm³/mol. The van der Waals surface area contributed by atoms with E-state index in [2.05, 4.69) is 43.1 Å². The molecule has 1 aromatic carbocycles. The predicted octanol–water partition coefficient (Wildman–Crippen LogP) is 3.37. The quantitative estimate of drug-likeness (QED) is 0.763. The van der Waals surface area contributed by atoms with Crippen molar-refractivity contribution in [3.8, 4) is 11.5 Å². The van der Waals surface area contributed by atoms with Gasteiger partial charge in [0.2, 0.25) is 11.8 Å². The molecule has 1 aliphatic heterocycles. The molecule has 1 amide bonds. The van der Waals surface area contributed by atoms with Crippen LogP contribution in [-0.2, 0) is 14.9 Å². The van der Waals surface area contributed by atoms with Crippen LogP contribution >= 0.6 is 11.8 Å². The first kappa shape index (κ1) is 18.9. The fourth-order valence-electron chi connectivity index (χ4n) is 2.73. The van der Waals surface area contributed by atoms with Crippen molar-refractivity contribution in [2.75, 3.05) is 26.3 Å². The molecule has 6 nitrogen and oxygen atoms in total. The van der Waals surface area contributed by atoms with Gasteiger partial charge in [-0.15, -0.1) is 10.2 Å². The van der Waals surface area contributed by atoms with Crippen molar-refractivity contribution < 1.29 is 13.9 Å². The average molecular weight is 375 g/mol. The highest BCUT2D eigenvalue weighted by Crippen LogP contribution is 2.29. The lowest BCUT2D eigenvalue weighted by Gasteiger charge is -2.28. The molecular weight excluding hydrogens is 350 g/mol. The molecule has 1 fully saturated rings. The molecule has 1 aromatic heterocycles. The van der Waals surface area contributed by atoms with Crippen molar-refractivity contribution in [1.29, 1.82) is 0 Å². The fourth-order valence-corrected chi connectivity index (χ4v) is 3.50. The summed E-state index contributed by atoms with van der Waals surface area (Å²) in [5, 5.41) is 8.34. The van der Waals surface area contributed by atoms with Gasteiger partial charge < -0.3 is 14.1 Å². The van der Waals surface area contributed by atoms with E-state index < -0.39 is 0 Å². The number of aromatic nitrogens is 2. The molecule has 0 aliphatic carbocycles. The van der Waals surface area contributed by atoms with E-state index in [0.29, 0.717) is 37.4 Å². The van der Waals surface area contributed by atoms with E-state index in [4.69, 9.17) is 9.15 Å². The van der Waals surface area contributed by atoms with Crippen LogP contribution < -0.4 is 0 Å². The van der Waals surface area contributed by atoms with Gasteiger partial charge in [0, 0.05) is 18.7 Å². The van der Waals surface area contributed by atoms with Crippen LogP contribution in [0.4, 0.5) is 0 Å². The molecule has 1 saturated heterocycles. The Morgan fingerprint density at radius 2 is 1.81 bits per heavy atom. The second kappa shape index (κ2) is 7.80. The van der Waals surface area contributed by atoms with Gasteiger partial charge in [-0.3, -0.25) is 4.79 Å². The third kappa shape index (κ3) is 4.45. The smallest absolute Gasteiger partial charge is 0.277 e. The van der Waals surface area contributed by atoms with Crippen molar-refractivity contribution in [2.45, 2.75) is 43.6 Å². The highest BCUT2D eigenvalue weighted by atomic mass is 32.2. The lowest BCUT2D eigenvalue weighted by atomic mass is 9.87. The Labute approximate surface area is 158 Å². The van der Waals surface area contributed by atoms with E-state index in [-0.39, 0.29) is 16.6 Å². The first-order valence-corrected chi connectivity index (χ1v) is 9.70. The van der Waals surface area contributed by atoms with Gasteiger partial charge >= 0.3 is 0 Å². The second-order valence-electron chi connectivity index (χ2n) is 7.40. The maximum Gasteiger partial charge on any atom is 0.277 e. The molecule has 3 rings (SSSR count). The summed E-state index contributed by atoms with van der Waals surface area (Å²) in [6.07, 6.45) is 0. The first-order chi connectivity index (χ1) is 12.3. The molecule has 1 unspecified atom stereocenters. The van der Waals surface area contributed by atoms with E-state index in [1.807, 2.05) is 24.0 Å². The number of ether oxygens (including phenoxy) is 1. The van der Waals surface area contributed by atoms with Crippen molar-refractivity contribution in [3.63, 3.8) is 0 Å². The zero-order valence-corrected chi connectivity index (χ0v) is 16.5. The molecule has 0 radical (unpaired) electrons.